The number of hydrogen-bond donors (Lipinski definition) is 0. The molecule has 2 heterocycles. The van der Waals surface area contributed by atoms with Gasteiger partial charge in [0.1, 0.15) is 18.1 Å². The fourth-order valence-corrected chi connectivity index (χ4v) is 3.12. The average Bonchev–Trinajstić information content (AvgIpc) is 2.88. The number of benzene rings is 2. The summed E-state index contributed by atoms with van der Waals surface area (Å²) in [4.78, 5) is 4.78. The zero-order valence-electron chi connectivity index (χ0n) is 13.3. The topological polar surface area (TPSA) is 52.3 Å². The Bertz CT molecular complexity index is 944. The van der Waals surface area contributed by atoms with Crippen LogP contribution in [-0.2, 0) is 6.54 Å². The zero-order chi connectivity index (χ0) is 16.7. The number of rotatable bonds is 2. The van der Waals surface area contributed by atoms with Gasteiger partial charge in [-0.15, -0.1) is 10.2 Å². The maximum absolute atomic E-state index is 6.26. The lowest BCUT2D eigenvalue weighted by Crippen LogP contribution is -2.08. The van der Waals surface area contributed by atoms with Crippen LogP contribution in [0.1, 0.15) is 22.8 Å². The van der Waals surface area contributed by atoms with Crippen LogP contribution in [0.5, 0.6) is 5.75 Å². The molecule has 0 unspecified atom stereocenters. The van der Waals surface area contributed by atoms with Crippen LogP contribution < -0.4 is 4.74 Å². The third kappa shape index (κ3) is 2.37. The predicted molar refractivity (Wildman–Crippen MR) is 93.4 cm³/mol. The van der Waals surface area contributed by atoms with E-state index < -0.39 is 0 Å². The average molecular weight is 339 g/mol. The molecule has 1 aliphatic rings. The lowest BCUT2D eigenvalue weighted by molar-refractivity contribution is 0.415. The van der Waals surface area contributed by atoms with E-state index in [1.165, 1.54) is 0 Å². The van der Waals surface area contributed by atoms with E-state index in [4.69, 9.17) is 21.3 Å². The van der Waals surface area contributed by atoms with Gasteiger partial charge >= 0.3 is 0 Å². The molecule has 0 bridgehead atoms. The number of aromatic nitrogens is 3. The van der Waals surface area contributed by atoms with E-state index in [9.17, 15) is 0 Å². The predicted octanol–water partition coefficient (Wildman–Crippen LogP) is 3.59. The van der Waals surface area contributed by atoms with Gasteiger partial charge in [-0.2, -0.15) is 0 Å². The standard InChI is InChI=1S/C18H15ClN4O/c1-11-21-22-17-10-20-18(12-3-6-14(24-2)7-4-12)15-9-13(19)5-8-16(15)23(11)17/h3-9H,10H2,1-2H3. The molecular weight excluding hydrogens is 324 g/mol. The van der Waals surface area contributed by atoms with Crippen molar-refractivity contribution in [2.24, 2.45) is 4.99 Å². The number of ether oxygens (including phenoxy) is 1. The summed E-state index contributed by atoms with van der Waals surface area (Å²) in [6.45, 7) is 2.40. The van der Waals surface area contributed by atoms with E-state index in [1.54, 1.807) is 7.11 Å². The first-order valence-electron chi connectivity index (χ1n) is 7.57. The smallest absolute Gasteiger partial charge is 0.159 e. The van der Waals surface area contributed by atoms with E-state index in [2.05, 4.69) is 10.2 Å². The quantitative estimate of drug-likeness (QED) is 0.717. The van der Waals surface area contributed by atoms with Crippen LogP contribution in [0.25, 0.3) is 5.69 Å². The van der Waals surface area contributed by atoms with E-state index in [-0.39, 0.29) is 0 Å². The molecule has 1 aromatic heterocycles. The molecule has 24 heavy (non-hydrogen) atoms. The molecule has 0 fully saturated rings. The summed E-state index contributed by atoms with van der Waals surface area (Å²) < 4.78 is 7.27. The molecule has 0 saturated carbocycles. The van der Waals surface area contributed by atoms with Gasteiger partial charge in [0.05, 0.1) is 18.5 Å². The van der Waals surface area contributed by atoms with Gasteiger partial charge in [0.15, 0.2) is 5.82 Å². The molecule has 2 aromatic carbocycles. The maximum Gasteiger partial charge on any atom is 0.159 e. The second-order valence-electron chi connectivity index (χ2n) is 5.55. The van der Waals surface area contributed by atoms with Crippen molar-refractivity contribution in [3.05, 3.63) is 70.3 Å². The third-order valence-corrected chi connectivity index (χ3v) is 4.32. The van der Waals surface area contributed by atoms with Crippen molar-refractivity contribution in [1.29, 1.82) is 0 Å². The summed E-state index contributed by atoms with van der Waals surface area (Å²) >= 11 is 6.26. The number of aliphatic imine (C=N–C) groups is 1. The van der Waals surface area contributed by atoms with Crippen LogP contribution in [0.4, 0.5) is 0 Å². The largest absolute Gasteiger partial charge is 0.497 e. The number of methoxy groups -OCH3 is 1. The molecule has 3 aromatic rings. The Morgan fingerprint density at radius 2 is 1.88 bits per heavy atom. The SMILES string of the molecule is COc1ccc(C2=NCc3nnc(C)n3-c3ccc(Cl)cc32)cc1. The van der Waals surface area contributed by atoms with Crippen LogP contribution in [0.15, 0.2) is 47.5 Å². The highest BCUT2D eigenvalue weighted by molar-refractivity contribution is 6.31. The van der Waals surface area contributed by atoms with E-state index in [0.717, 1.165) is 39.9 Å². The van der Waals surface area contributed by atoms with Gasteiger partial charge in [-0.3, -0.25) is 9.56 Å². The van der Waals surface area contributed by atoms with Crippen molar-refractivity contribution in [3.8, 4) is 11.4 Å². The van der Waals surface area contributed by atoms with E-state index >= 15 is 0 Å². The third-order valence-electron chi connectivity index (χ3n) is 4.09. The molecule has 1 aliphatic heterocycles. The Labute approximate surface area is 144 Å². The Kier molecular flexibility index (Phi) is 3.58. The van der Waals surface area contributed by atoms with Crippen molar-refractivity contribution < 1.29 is 4.74 Å². The van der Waals surface area contributed by atoms with Gasteiger partial charge in [-0.1, -0.05) is 11.6 Å². The highest BCUT2D eigenvalue weighted by atomic mass is 35.5. The lowest BCUT2D eigenvalue weighted by atomic mass is 10.0. The van der Waals surface area contributed by atoms with Crippen LogP contribution in [0.3, 0.4) is 0 Å². The van der Waals surface area contributed by atoms with E-state index in [0.29, 0.717) is 11.6 Å². The summed E-state index contributed by atoms with van der Waals surface area (Å²) in [7, 11) is 1.65. The molecule has 0 N–H and O–H groups in total. The summed E-state index contributed by atoms with van der Waals surface area (Å²) in [5.74, 6) is 2.46. The Hall–Kier alpha value is -2.66. The van der Waals surface area contributed by atoms with Crippen molar-refractivity contribution in [3.63, 3.8) is 0 Å². The van der Waals surface area contributed by atoms with Crippen LogP contribution in [0.2, 0.25) is 5.02 Å². The van der Waals surface area contributed by atoms with Crippen molar-refractivity contribution in [2.45, 2.75) is 13.5 Å². The lowest BCUT2D eigenvalue weighted by Gasteiger charge is -2.13. The minimum atomic E-state index is 0.467. The van der Waals surface area contributed by atoms with Gasteiger partial charge in [0, 0.05) is 16.1 Å². The number of halogens is 1. The van der Waals surface area contributed by atoms with Crippen molar-refractivity contribution in [2.75, 3.05) is 7.11 Å². The van der Waals surface area contributed by atoms with Gasteiger partial charge in [0.2, 0.25) is 0 Å². The Morgan fingerprint density at radius 3 is 2.62 bits per heavy atom. The summed E-state index contributed by atoms with van der Waals surface area (Å²) in [6, 6.07) is 13.7. The fourth-order valence-electron chi connectivity index (χ4n) is 2.95. The molecule has 6 heteroatoms. The minimum absolute atomic E-state index is 0.467. The van der Waals surface area contributed by atoms with E-state index in [1.807, 2.05) is 54.0 Å². The summed E-state index contributed by atoms with van der Waals surface area (Å²) in [6.07, 6.45) is 0. The number of aryl methyl sites for hydroxylation is 1. The Balaban J connectivity index is 1.93. The van der Waals surface area contributed by atoms with Crippen LogP contribution in [0, 0.1) is 6.92 Å². The molecule has 0 aliphatic carbocycles. The summed E-state index contributed by atoms with van der Waals surface area (Å²) in [5, 5.41) is 9.09. The van der Waals surface area contributed by atoms with Crippen molar-refractivity contribution in [1.82, 2.24) is 14.8 Å². The number of fused-ring (bicyclic) bond motifs is 3. The first-order chi connectivity index (χ1) is 11.7. The molecular formula is C18H15ClN4O. The molecule has 0 spiro atoms. The molecule has 4 rings (SSSR count). The van der Waals surface area contributed by atoms with Gasteiger partial charge in [-0.05, 0) is 49.4 Å². The minimum Gasteiger partial charge on any atom is -0.497 e. The summed E-state index contributed by atoms with van der Waals surface area (Å²) in [5.41, 5.74) is 3.86. The zero-order valence-corrected chi connectivity index (χ0v) is 14.1. The molecule has 120 valence electrons. The maximum atomic E-state index is 6.26. The molecule has 0 atom stereocenters. The highest BCUT2D eigenvalue weighted by Crippen LogP contribution is 2.28. The second-order valence-corrected chi connectivity index (χ2v) is 5.99. The van der Waals surface area contributed by atoms with Crippen molar-refractivity contribution >= 4 is 17.3 Å². The number of hydrogen-bond acceptors (Lipinski definition) is 4. The van der Waals surface area contributed by atoms with Gasteiger partial charge in [0.25, 0.3) is 0 Å². The highest BCUT2D eigenvalue weighted by Gasteiger charge is 2.21. The second kappa shape index (κ2) is 5.76. The Morgan fingerprint density at radius 1 is 1.08 bits per heavy atom. The molecule has 5 nitrogen and oxygen atoms in total. The van der Waals surface area contributed by atoms with Gasteiger partial charge < -0.3 is 4.74 Å². The fraction of sp³-hybridized carbons (Fsp3) is 0.167. The normalized spacial score (nSPS) is 12.9. The first kappa shape index (κ1) is 14.9. The molecule has 0 radical (unpaired) electrons. The van der Waals surface area contributed by atoms with Crippen LogP contribution in [-0.4, -0.2) is 27.6 Å². The molecule has 0 saturated heterocycles. The molecule has 0 amide bonds. The number of nitrogens with zero attached hydrogens (tertiary/aromatic N) is 4. The van der Waals surface area contributed by atoms with Crippen LogP contribution >= 0.6 is 11.6 Å². The monoisotopic (exact) mass is 338 g/mol. The van der Waals surface area contributed by atoms with Gasteiger partial charge in [-0.25, -0.2) is 0 Å². The first-order valence-corrected chi connectivity index (χ1v) is 7.95.